The second kappa shape index (κ2) is 8.55. The van der Waals surface area contributed by atoms with Gasteiger partial charge in [-0.3, -0.25) is 14.3 Å². The molecule has 0 saturated carbocycles. The number of ether oxygens (including phenoxy) is 1. The minimum absolute atomic E-state index is 0.119. The number of fused-ring (bicyclic) bond motifs is 1. The summed E-state index contributed by atoms with van der Waals surface area (Å²) in [5.74, 6) is -1.00. The zero-order valence-electron chi connectivity index (χ0n) is 18.2. The van der Waals surface area contributed by atoms with Gasteiger partial charge in [0.25, 0.3) is 21.8 Å². The van der Waals surface area contributed by atoms with Gasteiger partial charge in [-0.2, -0.15) is 0 Å². The first-order chi connectivity index (χ1) is 15.7. The highest BCUT2D eigenvalue weighted by Crippen LogP contribution is 2.29. The van der Waals surface area contributed by atoms with E-state index in [2.05, 4.69) is 20.3 Å². The highest BCUT2D eigenvalue weighted by Gasteiger charge is 2.27. The Morgan fingerprint density at radius 3 is 2.52 bits per heavy atom. The maximum absolute atomic E-state index is 13.2. The van der Waals surface area contributed by atoms with E-state index in [1.807, 2.05) is 6.07 Å². The summed E-state index contributed by atoms with van der Waals surface area (Å²) in [4.78, 5) is 28.8. The molecule has 0 spiro atoms. The van der Waals surface area contributed by atoms with Crippen LogP contribution in [0.2, 0.25) is 0 Å². The second-order valence-electron chi connectivity index (χ2n) is 7.58. The predicted molar refractivity (Wildman–Crippen MR) is 123 cm³/mol. The number of nitrogens with zero attached hydrogens (tertiary/aromatic N) is 1. The van der Waals surface area contributed by atoms with Gasteiger partial charge in [-0.25, -0.2) is 13.4 Å². The van der Waals surface area contributed by atoms with Gasteiger partial charge in [0, 0.05) is 6.54 Å². The number of para-hydroxylation sites is 1. The number of amides is 2. The largest absolute Gasteiger partial charge is 0.480 e. The second-order valence-corrected chi connectivity index (χ2v) is 9.23. The molecular weight excluding hydrogens is 444 g/mol. The highest BCUT2D eigenvalue weighted by atomic mass is 32.2. The molecule has 10 heteroatoms. The molecule has 4 rings (SSSR count). The van der Waals surface area contributed by atoms with Crippen molar-refractivity contribution in [2.75, 3.05) is 17.1 Å². The lowest BCUT2D eigenvalue weighted by Crippen LogP contribution is -2.20. The van der Waals surface area contributed by atoms with E-state index in [0.29, 0.717) is 17.8 Å². The van der Waals surface area contributed by atoms with Gasteiger partial charge in [-0.15, -0.1) is 0 Å². The lowest BCUT2D eigenvalue weighted by Gasteiger charge is -2.15. The van der Waals surface area contributed by atoms with Crippen molar-refractivity contribution in [3.63, 3.8) is 0 Å². The Kier molecular flexibility index (Phi) is 5.77. The number of aromatic nitrogens is 1. The Bertz CT molecular complexity index is 1370. The van der Waals surface area contributed by atoms with Gasteiger partial charge in [0.2, 0.25) is 5.88 Å². The van der Waals surface area contributed by atoms with Crippen molar-refractivity contribution in [2.24, 2.45) is 0 Å². The SMILES string of the molecule is COc1ncc(NC(=O)c2cccc3c2C(=O)NC3)cc1S(=O)(=O)Nc1c(C)cccc1C. The van der Waals surface area contributed by atoms with Gasteiger partial charge in [0.15, 0.2) is 4.90 Å². The van der Waals surface area contributed by atoms with Crippen LogP contribution in [-0.4, -0.2) is 32.3 Å². The molecule has 2 heterocycles. The number of anilines is 2. The minimum atomic E-state index is -4.10. The van der Waals surface area contributed by atoms with Crippen LogP contribution >= 0.6 is 0 Å². The maximum Gasteiger partial charge on any atom is 0.267 e. The summed E-state index contributed by atoms with van der Waals surface area (Å²) in [6.07, 6.45) is 1.29. The van der Waals surface area contributed by atoms with Gasteiger partial charge in [-0.1, -0.05) is 30.3 Å². The maximum atomic E-state index is 13.2. The fourth-order valence-corrected chi connectivity index (χ4v) is 5.03. The molecule has 170 valence electrons. The number of carbonyl (C=O) groups excluding carboxylic acids is 2. The third-order valence-corrected chi connectivity index (χ3v) is 6.68. The lowest BCUT2D eigenvalue weighted by molar-refractivity contribution is 0.0952. The molecular formula is C23H22N4O5S. The Balaban J connectivity index is 1.67. The smallest absolute Gasteiger partial charge is 0.267 e. The molecule has 0 bridgehead atoms. The van der Waals surface area contributed by atoms with Crippen LogP contribution in [0.3, 0.4) is 0 Å². The van der Waals surface area contributed by atoms with E-state index in [1.165, 1.54) is 25.4 Å². The summed E-state index contributed by atoms with van der Waals surface area (Å²) in [6.45, 7) is 3.95. The van der Waals surface area contributed by atoms with Crippen LogP contribution in [-0.2, 0) is 16.6 Å². The quantitative estimate of drug-likeness (QED) is 0.513. The number of pyridine rings is 1. The van der Waals surface area contributed by atoms with Crippen LogP contribution in [0.15, 0.2) is 53.6 Å². The van der Waals surface area contributed by atoms with Gasteiger partial charge < -0.3 is 15.4 Å². The zero-order valence-corrected chi connectivity index (χ0v) is 19.0. The first-order valence-corrected chi connectivity index (χ1v) is 11.5. The highest BCUT2D eigenvalue weighted by molar-refractivity contribution is 7.92. The van der Waals surface area contributed by atoms with Crippen molar-refractivity contribution < 1.29 is 22.7 Å². The third-order valence-electron chi connectivity index (χ3n) is 5.34. The van der Waals surface area contributed by atoms with Gasteiger partial charge >= 0.3 is 0 Å². The summed E-state index contributed by atoms with van der Waals surface area (Å²) in [7, 11) is -2.79. The van der Waals surface area contributed by atoms with E-state index in [-0.39, 0.29) is 27.9 Å². The number of carbonyl (C=O) groups is 2. The molecule has 0 aliphatic carbocycles. The number of hydrogen-bond donors (Lipinski definition) is 3. The molecule has 1 aliphatic rings. The number of sulfonamides is 1. The standard InChI is InChI=1S/C23H22N4O5S/c1-13-6-4-7-14(2)20(13)27-33(30,31)18-10-16(12-25-23(18)32-3)26-21(28)17-9-5-8-15-11-24-22(29)19(15)17/h4-10,12,27H,11H2,1-3H3,(H,24,29)(H,26,28). The average molecular weight is 467 g/mol. The van der Waals surface area contributed by atoms with Crippen LogP contribution in [0.25, 0.3) is 0 Å². The molecule has 33 heavy (non-hydrogen) atoms. The molecule has 2 amide bonds. The Morgan fingerprint density at radius 2 is 1.82 bits per heavy atom. The molecule has 0 fully saturated rings. The normalized spacial score (nSPS) is 12.6. The van der Waals surface area contributed by atoms with Crippen molar-refractivity contribution in [1.29, 1.82) is 0 Å². The van der Waals surface area contributed by atoms with E-state index in [9.17, 15) is 18.0 Å². The van der Waals surface area contributed by atoms with Crippen LogP contribution in [0.4, 0.5) is 11.4 Å². The Morgan fingerprint density at radius 1 is 1.12 bits per heavy atom. The van der Waals surface area contributed by atoms with Crippen molar-refractivity contribution in [3.05, 3.63) is 76.5 Å². The van der Waals surface area contributed by atoms with E-state index in [0.717, 1.165) is 16.7 Å². The summed E-state index contributed by atoms with van der Waals surface area (Å²) in [6, 6.07) is 11.7. The molecule has 0 saturated heterocycles. The zero-order chi connectivity index (χ0) is 23.8. The fraction of sp³-hybridized carbons (Fsp3) is 0.174. The molecule has 0 atom stereocenters. The first-order valence-electron chi connectivity index (χ1n) is 10.1. The van der Waals surface area contributed by atoms with E-state index in [4.69, 9.17) is 4.74 Å². The van der Waals surface area contributed by atoms with E-state index < -0.39 is 15.9 Å². The fourth-order valence-electron chi connectivity index (χ4n) is 3.68. The van der Waals surface area contributed by atoms with Crippen LogP contribution in [0.1, 0.15) is 37.4 Å². The third kappa shape index (κ3) is 4.24. The van der Waals surface area contributed by atoms with E-state index in [1.54, 1.807) is 38.1 Å². The van der Waals surface area contributed by atoms with Crippen molar-refractivity contribution in [1.82, 2.24) is 10.3 Å². The molecule has 0 radical (unpaired) electrons. The molecule has 1 aromatic heterocycles. The van der Waals surface area contributed by atoms with Crippen LogP contribution in [0.5, 0.6) is 5.88 Å². The first kappa shape index (κ1) is 22.3. The molecule has 3 aromatic rings. The van der Waals surface area contributed by atoms with Crippen molar-refractivity contribution >= 4 is 33.2 Å². The topological polar surface area (TPSA) is 126 Å². The average Bonchev–Trinajstić information content (AvgIpc) is 3.17. The van der Waals surface area contributed by atoms with Gasteiger partial charge in [-0.05, 0) is 42.7 Å². The number of benzene rings is 2. The monoisotopic (exact) mass is 466 g/mol. The van der Waals surface area contributed by atoms with Gasteiger partial charge in [0.05, 0.1) is 35.8 Å². The summed E-state index contributed by atoms with van der Waals surface area (Å²) in [5, 5.41) is 5.31. The number of hydrogen-bond acceptors (Lipinski definition) is 6. The lowest BCUT2D eigenvalue weighted by atomic mass is 10.0. The molecule has 1 aliphatic heterocycles. The van der Waals surface area contributed by atoms with Crippen molar-refractivity contribution in [2.45, 2.75) is 25.3 Å². The molecule has 2 aromatic carbocycles. The van der Waals surface area contributed by atoms with Crippen LogP contribution < -0.4 is 20.1 Å². The van der Waals surface area contributed by atoms with Crippen molar-refractivity contribution in [3.8, 4) is 5.88 Å². The van der Waals surface area contributed by atoms with Crippen LogP contribution in [0, 0.1) is 13.8 Å². The minimum Gasteiger partial charge on any atom is -0.480 e. The van der Waals surface area contributed by atoms with Gasteiger partial charge in [0.1, 0.15) is 0 Å². The van der Waals surface area contributed by atoms with E-state index >= 15 is 0 Å². The Labute approximate surface area is 191 Å². The number of methoxy groups -OCH3 is 1. The molecule has 9 nitrogen and oxygen atoms in total. The summed E-state index contributed by atoms with van der Waals surface area (Å²) in [5.41, 5.74) is 3.33. The Hall–Kier alpha value is -3.92. The summed E-state index contributed by atoms with van der Waals surface area (Å²) < 4.78 is 34.1. The molecule has 3 N–H and O–H groups in total. The number of aryl methyl sites for hydroxylation is 2. The predicted octanol–water partition coefficient (Wildman–Crippen LogP) is 3.00. The number of rotatable bonds is 6. The molecule has 0 unspecified atom stereocenters. The number of nitrogens with one attached hydrogen (secondary N) is 3. The summed E-state index contributed by atoms with van der Waals surface area (Å²) >= 11 is 0.